The van der Waals surface area contributed by atoms with Crippen LogP contribution in [0.1, 0.15) is 30.0 Å². The molecule has 0 N–H and O–H groups in total. The molecule has 84 valence electrons. The van der Waals surface area contributed by atoms with Crippen LogP contribution in [0.2, 0.25) is 0 Å². The first-order valence-corrected chi connectivity index (χ1v) is 5.68. The van der Waals surface area contributed by atoms with Crippen molar-refractivity contribution in [2.24, 2.45) is 0 Å². The molecule has 1 aromatic rings. The third-order valence-corrected chi connectivity index (χ3v) is 2.85. The predicted octanol–water partition coefficient (Wildman–Crippen LogP) is 2.79. The molecule has 0 aliphatic heterocycles. The molecule has 0 radical (unpaired) electrons. The van der Waals surface area contributed by atoms with Crippen LogP contribution >= 0.6 is 0 Å². The normalized spacial score (nSPS) is 14.1. The molecule has 16 heavy (non-hydrogen) atoms. The van der Waals surface area contributed by atoms with Gasteiger partial charge in [-0.1, -0.05) is 18.2 Å². The Morgan fingerprint density at radius 2 is 2.19 bits per heavy atom. The third-order valence-electron chi connectivity index (χ3n) is 2.85. The van der Waals surface area contributed by atoms with E-state index in [9.17, 15) is 4.79 Å². The van der Waals surface area contributed by atoms with Gasteiger partial charge in [-0.2, -0.15) is 0 Å². The van der Waals surface area contributed by atoms with Gasteiger partial charge in [0.15, 0.2) is 0 Å². The highest BCUT2D eigenvalue weighted by Crippen LogP contribution is 2.22. The highest BCUT2D eigenvalue weighted by atomic mass is 16.5. The van der Waals surface area contributed by atoms with Crippen molar-refractivity contribution < 1.29 is 9.53 Å². The summed E-state index contributed by atoms with van der Waals surface area (Å²) in [6, 6.07) is 6.64. The number of allylic oxidation sites excluding steroid dienone is 1. The fourth-order valence-corrected chi connectivity index (χ4v) is 2.08. The average Bonchev–Trinajstić information content (AvgIpc) is 2.71. The van der Waals surface area contributed by atoms with Gasteiger partial charge < -0.3 is 4.74 Å². The molecule has 0 saturated heterocycles. The topological polar surface area (TPSA) is 26.3 Å². The maximum atomic E-state index is 10.5. The summed E-state index contributed by atoms with van der Waals surface area (Å²) >= 11 is 0. The van der Waals surface area contributed by atoms with E-state index < -0.39 is 0 Å². The number of fused-ring (bicyclic) bond motifs is 1. The van der Waals surface area contributed by atoms with Gasteiger partial charge in [0.1, 0.15) is 0 Å². The highest BCUT2D eigenvalue weighted by molar-refractivity contribution is 5.66. The lowest BCUT2D eigenvalue weighted by atomic mass is 10.0. The number of rotatable bonds is 3. The van der Waals surface area contributed by atoms with E-state index in [0.717, 1.165) is 6.42 Å². The van der Waals surface area contributed by atoms with Crippen LogP contribution in [0.5, 0.6) is 0 Å². The van der Waals surface area contributed by atoms with Gasteiger partial charge in [0.25, 0.3) is 0 Å². The van der Waals surface area contributed by atoms with Crippen molar-refractivity contribution >= 4 is 5.97 Å². The monoisotopic (exact) mass is 216 g/mol. The molecule has 1 aliphatic carbocycles. The molecule has 0 spiro atoms. The minimum atomic E-state index is -0.273. The standard InChI is InChI=1S/C14H16O2/c1-11(15)16-9-3-4-12-7-8-13-5-2-6-14(13)10-12/h3,7-10H,2,4-6H2,1H3/b9-3+. The van der Waals surface area contributed by atoms with E-state index >= 15 is 0 Å². The first-order chi connectivity index (χ1) is 7.75. The number of hydrogen-bond donors (Lipinski definition) is 0. The van der Waals surface area contributed by atoms with Crippen molar-refractivity contribution in [2.75, 3.05) is 0 Å². The highest BCUT2D eigenvalue weighted by Gasteiger charge is 2.09. The van der Waals surface area contributed by atoms with E-state index in [-0.39, 0.29) is 5.97 Å². The molecular formula is C14H16O2. The molecule has 2 rings (SSSR count). The number of carbonyl (C=O) groups excluding carboxylic acids is 1. The number of carbonyl (C=O) groups is 1. The second kappa shape index (κ2) is 4.97. The van der Waals surface area contributed by atoms with Crippen LogP contribution in [0.25, 0.3) is 0 Å². The summed E-state index contributed by atoms with van der Waals surface area (Å²) in [6.45, 7) is 1.40. The first kappa shape index (κ1) is 10.9. The minimum Gasteiger partial charge on any atom is -0.435 e. The summed E-state index contributed by atoms with van der Waals surface area (Å²) in [7, 11) is 0. The smallest absolute Gasteiger partial charge is 0.307 e. The molecule has 0 bridgehead atoms. The maximum absolute atomic E-state index is 10.5. The van der Waals surface area contributed by atoms with E-state index in [1.165, 1.54) is 49.1 Å². The summed E-state index contributed by atoms with van der Waals surface area (Å²) in [5.41, 5.74) is 4.26. The van der Waals surface area contributed by atoms with Crippen LogP contribution in [-0.4, -0.2) is 5.97 Å². The van der Waals surface area contributed by atoms with Crippen LogP contribution in [-0.2, 0) is 28.8 Å². The van der Waals surface area contributed by atoms with Gasteiger partial charge in [-0.25, -0.2) is 0 Å². The van der Waals surface area contributed by atoms with Crippen LogP contribution in [0.3, 0.4) is 0 Å². The summed E-state index contributed by atoms with van der Waals surface area (Å²) in [5.74, 6) is -0.273. The van der Waals surface area contributed by atoms with Crippen molar-refractivity contribution in [2.45, 2.75) is 32.6 Å². The van der Waals surface area contributed by atoms with Crippen molar-refractivity contribution in [3.8, 4) is 0 Å². The van der Waals surface area contributed by atoms with Crippen molar-refractivity contribution in [1.82, 2.24) is 0 Å². The zero-order chi connectivity index (χ0) is 11.4. The molecule has 0 atom stereocenters. The van der Waals surface area contributed by atoms with E-state index in [1.807, 2.05) is 6.08 Å². The second-order valence-corrected chi connectivity index (χ2v) is 4.14. The Morgan fingerprint density at radius 1 is 1.38 bits per heavy atom. The maximum Gasteiger partial charge on any atom is 0.307 e. The molecule has 1 aromatic carbocycles. The van der Waals surface area contributed by atoms with Crippen molar-refractivity contribution in [1.29, 1.82) is 0 Å². The minimum absolute atomic E-state index is 0.273. The van der Waals surface area contributed by atoms with E-state index in [2.05, 4.69) is 18.2 Å². The third kappa shape index (κ3) is 2.72. The molecule has 1 aliphatic rings. The fraction of sp³-hybridized carbons (Fsp3) is 0.357. The van der Waals surface area contributed by atoms with Gasteiger partial charge in [0, 0.05) is 6.92 Å². The number of esters is 1. The van der Waals surface area contributed by atoms with Crippen LogP contribution < -0.4 is 0 Å². The van der Waals surface area contributed by atoms with Gasteiger partial charge in [-0.05, 0) is 48.4 Å². The molecule has 0 heterocycles. The van der Waals surface area contributed by atoms with Crippen LogP contribution in [0.4, 0.5) is 0 Å². The van der Waals surface area contributed by atoms with Gasteiger partial charge in [-0.3, -0.25) is 4.79 Å². The molecule has 0 fully saturated rings. The van der Waals surface area contributed by atoms with Crippen molar-refractivity contribution in [3.05, 3.63) is 47.2 Å². The average molecular weight is 216 g/mol. The molecule has 0 aromatic heterocycles. The first-order valence-electron chi connectivity index (χ1n) is 5.68. The SMILES string of the molecule is CC(=O)O/C=C/Cc1ccc2c(c1)CCC2. The largest absolute Gasteiger partial charge is 0.435 e. The Labute approximate surface area is 95.9 Å². The number of hydrogen-bond acceptors (Lipinski definition) is 2. The fourth-order valence-electron chi connectivity index (χ4n) is 2.08. The van der Waals surface area contributed by atoms with Gasteiger partial charge in [0.05, 0.1) is 6.26 Å². The van der Waals surface area contributed by atoms with E-state index in [4.69, 9.17) is 4.74 Å². The number of ether oxygens (including phenoxy) is 1. The Hall–Kier alpha value is -1.57. The lowest BCUT2D eigenvalue weighted by Crippen LogP contribution is -1.91. The second-order valence-electron chi connectivity index (χ2n) is 4.14. The number of aryl methyl sites for hydroxylation is 2. The van der Waals surface area contributed by atoms with Crippen LogP contribution in [0.15, 0.2) is 30.5 Å². The summed E-state index contributed by atoms with van der Waals surface area (Å²) < 4.78 is 4.74. The molecule has 0 saturated carbocycles. The molecule has 2 heteroatoms. The quantitative estimate of drug-likeness (QED) is 0.573. The van der Waals surface area contributed by atoms with Gasteiger partial charge >= 0.3 is 5.97 Å². The van der Waals surface area contributed by atoms with Gasteiger partial charge in [0.2, 0.25) is 0 Å². The predicted molar refractivity (Wildman–Crippen MR) is 63.1 cm³/mol. The summed E-state index contributed by atoms with van der Waals surface area (Å²) in [4.78, 5) is 10.5. The Morgan fingerprint density at radius 3 is 3.00 bits per heavy atom. The van der Waals surface area contributed by atoms with Crippen LogP contribution in [0, 0.1) is 0 Å². The zero-order valence-electron chi connectivity index (χ0n) is 9.53. The molecule has 2 nitrogen and oxygen atoms in total. The van der Waals surface area contributed by atoms with Gasteiger partial charge in [-0.15, -0.1) is 0 Å². The Balaban J connectivity index is 1.95. The Bertz CT molecular complexity index is 419. The lowest BCUT2D eigenvalue weighted by molar-refractivity contribution is -0.135. The molecule has 0 amide bonds. The lowest BCUT2D eigenvalue weighted by Gasteiger charge is -2.02. The Kier molecular flexibility index (Phi) is 3.40. The van der Waals surface area contributed by atoms with E-state index in [1.54, 1.807) is 0 Å². The summed E-state index contributed by atoms with van der Waals surface area (Å²) in [5, 5.41) is 0. The zero-order valence-corrected chi connectivity index (χ0v) is 9.53. The van der Waals surface area contributed by atoms with E-state index in [0.29, 0.717) is 0 Å². The number of benzene rings is 1. The summed E-state index contributed by atoms with van der Waals surface area (Å²) in [6.07, 6.45) is 7.87. The van der Waals surface area contributed by atoms with Crippen molar-refractivity contribution in [3.63, 3.8) is 0 Å². The molecule has 0 unspecified atom stereocenters. The molecular weight excluding hydrogens is 200 g/mol.